The highest BCUT2D eigenvalue weighted by atomic mass is 19.3. The molecule has 6 aromatic carbocycles. The zero-order chi connectivity index (χ0) is 52.4. The van der Waals surface area contributed by atoms with E-state index in [2.05, 4.69) is 31.8 Å². The van der Waals surface area contributed by atoms with E-state index in [0.29, 0.717) is 44.7 Å². The molecule has 63 heavy (non-hydrogen) atoms. The third-order valence-electron chi connectivity index (χ3n) is 11.5. The second-order valence-electron chi connectivity index (χ2n) is 17.6. The van der Waals surface area contributed by atoms with Gasteiger partial charge in [0.15, 0.2) is 0 Å². The Balaban J connectivity index is 1.25. The van der Waals surface area contributed by atoms with Crippen LogP contribution in [0.4, 0.5) is 31.5 Å². The van der Waals surface area contributed by atoms with E-state index in [1.807, 2.05) is 43.5 Å². The predicted octanol–water partition coefficient (Wildman–Crippen LogP) is 14.5. The number of rotatable bonds is 7. The van der Waals surface area contributed by atoms with Crippen LogP contribution in [-0.4, -0.2) is 20.5 Å². The molecule has 308 valence electrons. The molecule has 0 amide bonds. The SMILES string of the molecule is [2H]c1c([2H])c([2H])c(-c2cccc(-c3c([2H])c([2H])c([2H])c([2H])c3[2H])c2[N+]2=C=[N+](c3cc(C(C)(C)C)cc(C(F)(F)c4ccc5c6ncccc6n(-c6cc(C(C)(C)C)ccn6)c5c4)c3)c3ccccc32)c([2H])c1[2H]. The van der Waals surface area contributed by atoms with Crippen molar-refractivity contribution in [3.8, 4) is 28.1 Å². The molecule has 10 rings (SSSR count). The monoisotopic (exact) mass is 837 g/mol. The largest absolute Gasteiger partial charge is 0.503 e. The molecule has 0 N–H and O–H groups in total. The first kappa shape index (κ1) is 29.8. The van der Waals surface area contributed by atoms with Crippen LogP contribution in [0.5, 0.6) is 0 Å². The first-order chi connectivity index (χ1) is 34.4. The summed E-state index contributed by atoms with van der Waals surface area (Å²) in [4.78, 5) is 9.38. The van der Waals surface area contributed by atoms with Crippen LogP contribution < -0.4 is 9.15 Å². The van der Waals surface area contributed by atoms with Crippen LogP contribution in [0.1, 0.15) is 77.5 Å². The molecule has 4 heterocycles. The van der Waals surface area contributed by atoms with Gasteiger partial charge < -0.3 is 0 Å². The maximum absolute atomic E-state index is 17.9. The van der Waals surface area contributed by atoms with Crippen molar-refractivity contribution in [1.29, 1.82) is 0 Å². The minimum absolute atomic E-state index is 0.0597. The second kappa shape index (κ2) is 14.9. The Bertz CT molecular complexity index is 3780. The molecule has 1 aliphatic heterocycles. The Labute approximate surface area is 380 Å². The van der Waals surface area contributed by atoms with Gasteiger partial charge in [-0.2, -0.15) is 8.78 Å². The molecule has 1 aliphatic rings. The third-order valence-corrected chi connectivity index (χ3v) is 11.5. The quantitative estimate of drug-likeness (QED) is 0.150. The van der Waals surface area contributed by atoms with Crippen molar-refractivity contribution in [2.45, 2.75) is 58.3 Å². The fraction of sp³-hybridized carbons (Fsp3) is 0.161. The topological polar surface area (TPSA) is 36.7 Å². The summed E-state index contributed by atoms with van der Waals surface area (Å²) >= 11 is 0. The predicted molar refractivity (Wildman–Crippen MR) is 255 cm³/mol. The number of benzene rings is 6. The zero-order valence-corrected chi connectivity index (χ0v) is 35.5. The third kappa shape index (κ3) is 6.95. The summed E-state index contributed by atoms with van der Waals surface area (Å²) in [5.41, 5.74) is 2.85. The second-order valence-corrected chi connectivity index (χ2v) is 17.6. The lowest BCUT2D eigenvalue weighted by Crippen LogP contribution is -2.19. The van der Waals surface area contributed by atoms with E-state index in [-0.39, 0.29) is 50.2 Å². The smallest absolute Gasteiger partial charge is 0.292 e. The molecule has 0 fully saturated rings. The van der Waals surface area contributed by atoms with Crippen LogP contribution in [0.2, 0.25) is 0 Å². The number of alkyl halides is 2. The van der Waals surface area contributed by atoms with Crippen LogP contribution in [-0.2, 0) is 16.8 Å². The summed E-state index contributed by atoms with van der Waals surface area (Å²) in [6.45, 7) is 12.0. The molecule has 0 bridgehead atoms. The van der Waals surface area contributed by atoms with E-state index in [9.17, 15) is 0 Å². The van der Waals surface area contributed by atoms with Gasteiger partial charge >= 0.3 is 6.01 Å². The van der Waals surface area contributed by atoms with Gasteiger partial charge in [-0.3, -0.25) is 9.55 Å². The molecule has 9 aromatic rings. The summed E-state index contributed by atoms with van der Waals surface area (Å²) in [6, 6.07) is 26.0. The average molecular weight is 838 g/mol. The molecule has 0 saturated carbocycles. The Morgan fingerprint density at radius 1 is 0.556 bits per heavy atom. The number of aromatic nitrogens is 3. The van der Waals surface area contributed by atoms with Gasteiger partial charge in [-0.25, -0.2) is 4.98 Å². The number of halogens is 2. The van der Waals surface area contributed by atoms with Gasteiger partial charge in [0.2, 0.25) is 11.4 Å². The number of hydrogen-bond acceptors (Lipinski definition) is 2. The molecule has 0 radical (unpaired) electrons. The zero-order valence-electron chi connectivity index (χ0n) is 45.5. The number of fused-ring (bicyclic) bond motifs is 4. The highest BCUT2D eigenvalue weighted by Gasteiger charge is 2.42. The molecule has 7 heteroatoms. The number of pyridine rings is 2. The lowest BCUT2D eigenvalue weighted by atomic mass is 9.84. The summed E-state index contributed by atoms with van der Waals surface area (Å²) in [5, 5.41) is 0.673. The summed E-state index contributed by atoms with van der Waals surface area (Å²) in [6.07, 6.45) is 3.39. The molecule has 0 unspecified atom stereocenters. The highest BCUT2D eigenvalue weighted by molar-refractivity contribution is 6.07. The Morgan fingerprint density at radius 2 is 1.19 bits per heavy atom. The Morgan fingerprint density at radius 3 is 1.84 bits per heavy atom. The van der Waals surface area contributed by atoms with Crippen LogP contribution in [0.25, 0.3) is 50.0 Å². The summed E-state index contributed by atoms with van der Waals surface area (Å²) < 4.78 is 128. The first-order valence-electron chi connectivity index (χ1n) is 25.6. The molecule has 0 saturated heterocycles. The molecule has 5 nitrogen and oxygen atoms in total. The van der Waals surface area contributed by atoms with E-state index in [4.69, 9.17) is 18.7 Å². The van der Waals surface area contributed by atoms with Gasteiger partial charge in [0.1, 0.15) is 5.82 Å². The fourth-order valence-electron chi connectivity index (χ4n) is 8.18. The number of hydrogen-bond donors (Lipinski definition) is 0. The van der Waals surface area contributed by atoms with Crippen molar-refractivity contribution in [1.82, 2.24) is 23.7 Å². The first-order valence-corrected chi connectivity index (χ1v) is 20.6. The summed E-state index contributed by atoms with van der Waals surface area (Å²) in [5.74, 6) is -3.04. The maximum Gasteiger partial charge on any atom is 0.503 e. The average Bonchev–Trinajstić information content (AvgIpc) is 3.92. The lowest BCUT2D eigenvalue weighted by molar-refractivity contribution is 0.0428. The van der Waals surface area contributed by atoms with E-state index in [0.717, 1.165) is 5.56 Å². The normalized spacial score (nSPS) is 15.2. The van der Waals surface area contributed by atoms with Crippen LogP contribution in [0, 0.1) is 0 Å². The molecular formula is C56H47F2N5+2. The fourth-order valence-corrected chi connectivity index (χ4v) is 8.18. The Hall–Kier alpha value is -7.34. The highest BCUT2D eigenvalue weighted by Crippen LogP contribution is 2.46. The van der Waals surface area contributed by atoms with Crippen LogP contribution >= 0.6 is 0 Å². The van der Waals surface area contributed by atoms with Crippen molar-refractivity contribution in [3.05, 3.63) is 198 Å². The molecule has 0 spiro atoms. The Kier molecular flexibility index (Phi) is 7.07. The molecular weight excluding hydrogens is 781 g/mol. The lowest BCUT2D eigenvalue weighted by Gasteiger charge is -2.23. The van der Waals surface area contributed by atoms with Gasteiger partial charge in [-0.15, -0.1) is 0 Å². The van der Waals surface area contributed by atoms with Gasteiger partial charge in [0, 0.05) is 53.2 Å². The standard InChI is InChI=1S/C56H47F2N5/c1-54(2,3)39-28-30-59-51(35-39)63-49-25-16-29-60-52(49)46-27-26-40(34-50(46)63)56(57,58)42-31-41(55(4,5)6)32-43(33-42)61-36-62(48-24-14-13-23-47(48)61)53-44(37-17-9-7-10-18-37)21-15-22-45(53)38-19-11-8-12-20-38/h7-35H,1-6H3/q+2/i7D,8D,9D,10D,11D,12D,17D,18D,19D,20D. The van der Waals surface area contributed by atoms with Gasteiger partial charge in [0.25, 0.3) is 17.3 Å². The van der Waals surface area contributed by atoms with E-state index < -0.39 is 71.8 Å². The van der Waals surface area contributed by atoms with Crippen molar-refractivity contribution in [2.24, 2.45) is 0 Å². The van der Waals surface area contributed by atoms with Gasteiger partial charge in [0.05, 0.1) is 41.4 Å². The number of nitrogens with zero attached hydrogens (tertiary/aromatic N) is 5. The maximum atomic E-state index is 17.9. The minimum atomic E-state index is -3.60. The number of para-hydroxylation sites is 3. The van der Waals surface area contributed by atoms with Crippen LogP contribution in [0.3, 0.4) is 0 Å². The van der Waals surface area contributed by atoms with E-state index in [1.54, 1.807) is 59.4 Å². The van der Waals surface area contributed by atoms with Crippen molar-refractivity contribution < 1.29 is 22.5 Å². The minimum Gasteiger partial charge on any atom is -0.292 e. The molecule has 0 aliphatic carbocycles. The van der Waals surface area contributed by atoms with E-state index in [1.165, 1.54) is 47.0 Å². The van der Waals surface area contributed by atoms with Crippen LogP contribution in [0.15, 0.2) is 176 Å². The molecule has 3 aromatic heterocycles. The van der Waals surface area contributed by atoms with Gasteiger partial charge in [-0.05, 0) is 90.8 Å². The van der Waals surface area contributed by atoms with E-state index >= 15 is 8.78 Å². The van der Waals surface area contributed by atoms with Crippen molar-refractivity contribution in [2.75, 3.05) is 0 Å². The van der Waals surface area contributed by atoms with Crippen molar-refractivity contribution >= 4 is 50.7 Å². The van der Waals surface area contributed by atoms with Gasteiger partial charge in [-0.1, -0.05) is 132 Å². The molecule has 0 atom stereocenters. The van der Waals surface area contributed by atoms with Crippen molar-refractivity contribution in [3.63, 3.8) is 0 Å². The summed E-state index contributed by atoms with van der Waals surface area (Å²) in [7, 11) is 0.